The molecule has 1 aliphatic heterocycles. The Labute approximate surface area is 183 Å². The highest BCUT2D eigenvalue weighted by molar-refractivity contribution is 7.80. The van der Waals surface area contributed by atoms with Crippen molar-refractivity contribution >= 4 is 44.7 Å². The molecule has 5 nitrogen and oxygen atoms in total. The third-order valence-electron chi connectivity index (χ3n) is 6.56. The standard InChI is InChI=1S/C22H33N5S2/c1-6-17-24-19(26-9-11-27(12-10-26)21(28)23-5)18-15-8-7-14(22(2,3)4)13-16(15)29-20(18)25-17/h14H,6-13H2,1-5H3,(H,23,28). The first-order chi connectivity index (χ1) is 13.8. The summed E-state index contributed by atoms with van der Waals surface area (Å²) >= 11 is 7.34. The molecule has 0 radical (unpaired) electrons. The number of aryl methyl sites for hydroxylation is 2. The van der Waals surface area contributed by atoms with Crippen LogP contribution in [0.5, 0.6) is 0 Å². The molecule has 2 aromatic rings. The monoisotopic (exact) mass is 431 g/mol. The van der Waals surface area contributed by atoms with Crippen LogP contribution in [0.25, 0.3) is 10.2 Å². The maximum Gasteiger partial charge on any atom is 0.168 e. The molecule has 0 aromatic carbocycles. The van der Waals surface area contributed by atoms with Crippen LogP contribution in [0.15, 0.2) is 0 Å². The second-order valence-electron chi connectivity index (χ2n) is 9.34. The molecule has 3 heterocycles. The Bertz CT molecular complexity index is 906. The molecular weight excluding hydrogens is 398 g/mol. The molecule has 29 heavy (non-hydrogen) atoms. The average molecular weight is 432 g/mol. The normalized spacial score (nSPS) is 20.1. The number of hydrogen-bond acceptors (Lipinski definition) is 5. The van der Waals surface area contributed by atoms with Crippen LogP contribution in [0.4, 0.5) is 5.82 Å². The second-order valence-corrected chi connectivity index (χ2v) is 10.8. The smallest absolute Gasteiger partial charge is 0.168 e. The van der Waals surface area contributed by atoms with Crippen LogP contribution in [-0.2, 0) is 19.3 Å². The van der Waals surface area contributed by atoms with E-state index >= 15 is 0 Å². The Morgan fingerprint density at radius 1 is 1.21 bits per heavy atom. The summed E-state index contributed by atoms with van der Waals surface area (Å²) in [5.41, 5.74) is 1.88. The fraction of sp³-hybridized carbons (Fsp3) is 0.682. The zero-order chi connectivity index (χ0) is 20.8. The topological polar surface area (TPSA) is 44.3 Å². The lowest BCUT2D eigenvalue weighted by molar-refractivity contribution is 0.218. The van der Waals surface area contributed by atoms with Crippen LogP contribution in [0, 0.1) is 11.3 Å². The Balaban J connectivity index is 1.69. The van der Waals surface area contributed by atoms with E-state index in [1.54, 1.807) is 4.88 Å². The molecule has 0 saturated carbocycles. The van der Waals surface area contributed by atoms with E-state index in [0.29, 0.717) is 5.41 Å². The van der Waals surface area contributed by atoms with Gasteiger partial charge in [0.25, 0.3) is 0 Å². The Hall–Kier alpha value is -1.47. The molecule has 4 rings (SSSR count). The minimum absolute atomic E-state index is 0.360. The summed E-state index contributed by atoms with van der Waals surface area (Å²) in [6.45, 7) is 13.1. The summed E-state index contributed by atoms with van der Waals surface area (Å²) in [5, 5.41) is 5.28. The van der Waals surface area contributed by atoms with E-state index in [-0.39, 0.29) is 0 Å². The van der Waals surface area contributed by atoms with Gasteiger partial charge >= 0.3 is 0 Å². The number of piperazine rings is 1. The van der Waals surface area contributed by atoms with Gasteiger partial charge in [-0.15, -0.1) is 11.3 Å². The van der Waals surface area contributed by atoms with Gasteiger partial charge in [-0.05, 0) is 48.4 Å². The van der Waals surface area contributed by atoms with Crippen LogP contribution >= 0.6 is 23.6 Å². The molecule has 1 saturated heterocycles. The highest BCUT2D eigenvalue weighted by Crippen LogP contribution is 2.45. The molecule has 2 aromatic heterocycles. The van der Waals surface area contributed by atoms with Gasteiger partial charge in [0.2, 0.25) is 0 Å². The first-order valence-corrected chi connectivity index (χ1v) is 12.1. The van der Waals surface area contributed by atoms with Crippen molar-refractivity contribution in [1.82, 2.24) is 20.2 Å². The number of anilines is 1. The molecule has 0 bridgehead atoms. The van der Waals surface area contributed by atoms with Gasteiger partial charge in [-0.1, -0.05) is 27.7 Å². The lowest BCUT2D eigenvalue weighted by Gasteiger charge is -2.37. The minimum atomic E-state index is 0.360. The number of nitrogens with one attached hydrogen (secondary N) is 1. The fourth-order valence-corrected chi connectivity index (χ4v) is 6.10. The maximum atomic E-state index is 5.43. The zero-order valence-electron chi connectivity index (χ0n) is 18.3. The summed E-state index contributed by atoms with van der Waals surface area (Å²) in [5.74, 6) is 2.87. The maximum absolute atomic E-state index is 5.43. The number of thiocarbonyl (C=S) groups is 1. The zero-order valence-corrected chi connectivity index (χ0v) is 20.0. The summed E-state index contributed by atoms with van der Waals surface area (Å²) in [6, 6.07) is 0. The van der Waals surface area contributed by atoms with Crippen molar-refractivity contribution in [2.24, 2.45) is 11.3 Å². The van der Waals surface area contributed by atoms with Crippen molar-refractivity contribution in [2.75, 3.05) is 38.1 Å². The molecule has 1 atom stereocenters. The van der Waals surface area contributed by atoms with Gasteiger partial charge in [0.05, 0.1) is 5.39 Å². The predicted molar refractivity (Wildman–Crippen MR) is 127 cm³/mol. The number of hydrogen-bond donors (Lipinski definition) is 1. The number of nitrogens with zero attached hydrogens (tertiary/aromatic N) is 4. The number of rotatable bonds is 2. The number of thiophene rings is 1. The fourth-order valence-electron chi connectivity index (χ4n) is 4.61. The van der Waals surface area contributed by atoms with E-state index in [2.05, 4.69) is 42.8 Å². The van der Waals surface area contributed by atoms with Gasteiger partial charge in [0.15, 0.2) is 5.11 Å². The van der Waals surface area contributed by atoms with Gasteiger partial charge < -0.3 is 15.1 Å². The molecule has 0 amide bonds. The largest absolute Gasteiger partial charge is 0.366 e. The summed E-state index contributed by atoms with van der Waals surface area (Å²) in [4.78, 5) is 17.4. The molecule has 1 fully saturated rings. The van der Waals surface area contributed by atoms with Crippen LogP contribution < -0.4 is 10.2 Å². The summed E-state index contributed by atoms with van der Waals surface area (Å²) < 4.78 is 0. The van der Waals surface area contributed by atoms with Crippen molar-refractivity contribution in [3.05, 3.63) is 16.3 Å². The van der Waals surface area contributed by atoms with Crippen molar-refractivity contribution < 1.29 is 0 Å². The van der Waals surface area contributed by atoms with E-state index in [1.165, 1.54) is 28.6 Å². The SMILES string of the molecule is CCc1nc(N2CCN(C(=S)NC)CC2)c2c3c(sc2n1)CC(C(C)(C)C)CC3. The Morgan fingerprint density at radius 3 is 2.55 bits per heavy atom. The van der Waals surface area contributed by atoms with Crippen molar-refractivity contribution in [3.63, 3.8) is 0 Å². The molecule has 1 aliphatic carbocycles. The minimum Gasteiger partial charge on any atom is -0.366 e. The van der Waals surface area contributed by atoms with E-state index in [9.17, 15) is 0 Å². The van der Waals surface area contributed by atoms with Crippen LogP contribution in [0.3, 0.4) is 0 Å². The molecule has 1 unspecified atom stereocenters. The molecular formula is C22H33N5S2. The van der Waals surface area contributed by atoms with E-state index in [0.717, 1.165) is 61.7 Å². The van der Waals surface area contributed by atoms with E-state index < -0.39 is 0 Å². The summed E-state index contributed by atoms with van der Waals surface area (Å²) in [6.07, 6.45) is 4.48. The highest BCUT2D eigenvalue weighted by Gasteiger charge is 2.33. The third kappa shape index (κ3) is 3.96. The summed E-state index contributed by atoms with van der Waals surface area (Å²) in [7, 11) is 1.90. The van der Waals surface area contributed by atoms with E-state index in [4.69, 9.17) is 22.2 Å². The molecule has 2 aliphatic rings. The number of fused-ring (bicyclic) bond motifs is 3. The quantitative estimate of drug-likeness (QED) is 0.724. The molecule has 0 spiro atoms. The van der Waals surface area contributed by atoms with Crippen molar-refractivity contribution in [3.8, 4) is 0 Å². The van der Waals surface area contributed by atoms with Crippen LogP contribution in [0.1, 0.15) is 50.4 Å². The van der Waals surface area contributed by atoms with Gasteiger partial charge in [-0.25, -0.2) is 9.97 Å². The van der Waals surface area contributed by atoms with Crippen LogP contribution in [0.2, 0.25) is 0 Å². The second kappa shape index (κ2) is 7.99. The first kappa shape index (κ1) is 20.8. The first-order valence-electron chi connectivity index (χ1n) is 10.8. The van der Waals surface area contributed by atoms with E-state index in [1.807, 2.05) is 18.4 Å². The Morgan fingerprint density at radius 2 is 1.93 bits per heavy atom. The average Bonchev–Trinajstić information content (AvgIpc) is 3.09. The predicted octanol–water partition coefficient (Wildman–Crippen LogP) is 4.03. The number of aromatic nitrogens is 2. The third-order valence-corrected chi connectivity index (χ3v) is 8.17. The molecule has 158 valence electrons. The lowest BCUT2D eigenvalue weighted by Crippen LogP contribution is -2.51. The lowest BCUT2D eigenvalue weighted by atomic mass is 9.72. The van der Waals surface area contributed by atoms with Crippen LogP contribution in [-0.4, -0.2) is 53.2 Å². The highest BCUT2D eigenvalue weighted by atomic mass is 32.1. The Kier molecular flexibility index (Phi) is 5.73. The van der Waals surface area contributed by atoms with Gasteiger partial charge in [-0.3, -0.25) is 0 Å². The van der Waals surface area contributed by atoms with Gasteiger partial charge in [-0.2, -0.15) is 0 Å². The van der Waals surface area contributed by atoms with Crippen molar-refractivity contribution in [1.29, 1.82) is 0 Å². The van der Waals surface area contributed by atoms with Crippen molar-refractivity contribution in [2.45, 2.75) is 53.4 Å². The van der Waals surface area contributed by atoms with Gasteiger partial charge in [0.1, 0.15) is 16.5 Å². The van der Waals surface area contributed by atoms with Gasteiger partial charge in [0, 0.05) is 44.5 Å². The molecule has 7 heteroatoms. The molecule has 1 N–H and O–H groups in total.